The van der Waals surface area contributed by atoms with Crippen molar-refractivity contribution in [2.75, 3.05) is 13.1 Å². The summed E-state index contributed by atoms with van der Waals surface area (Å²) in [5, 5.41) is 10.9. The van der Waals surface area contributed by atoms with Crippen molar-refractivity contribution in [3.8, 4) is 0 Å². The predicted octanol–water partition coefficient (Wildman–Crippen LogP) is 0.552. The second kappa shape index (κ2) is 8.41. The lowest BCUT2D eigenvalue weighted by Gasteiger charge is -2.22. The summed E-state index contributed by atoms with van der Waals surface area (Å²) < 4.78 is 0. The first kappa shape index (κ1) is 18.6. The molecule has 1 aliphatic heterocycles. The summed E-state index contributed by atoms with van der Waals surface area (Å²) in [6, 6.07) is 6.75. The second-order valence-electron chi connectivity index (χ2n) is 6.20. The van der Waals surface area contributed by atoms with Gasteiger partial charge in [-0.15, -0.1) is 0 Å². The fraction of sp³-hybridized carbons (Fsp3) is 0.444. The maximum absolute atomic E-state index is 12.5. The van der Waals surface area contributed by atoms with Gasteiger partial charge in [0.25, 0.3) is 0 Å². The Morgan fingerprint density at radius 3 is 2.52 bits per heavy atom. The number of carbonyl (C=O) groups is 4. The van der Waals surface area contributed by atoms with Crippen molar-refractivity contribution in [1.82, 2.24) is 10.2 Å². The van der Waals surface area contributed by atoms with Crippen LogP contribution < -0.4 is 5.32 Å². The lowest BCUT2D eigenvalue weighted by molar-refractivity contribution is -0.137. The molecule has 134 valence electrons. The van der Waals surface area contributed by atoms with E-state index in [4.69, 9.17) is 5.11 Å². The summed E-state index contributed by atoms with van der Waals surface area (Å²) in [5.74, 6) is -1.57. The number of hydrogen-bond acceptors (Lipinski definition) is 4. The van der Waals surface area contributed by atoms with Gasteiger partial charge in [0.1, 0.15) is 6.54 Å². The van der Waals surface area contributed by atoms with Crippen LogP contribution in [0.4, 0.5) is 0 Å². The van der Waals surface area contributed by atoms with E-state index in [1.807, 2.05) is 0 Å². The van der Waals surface area contributed by atoms with E-state index >= 15 is 0 Å². The van der Waals surface area contributed by atoms with Gasteiger partial charge < -0.3 is 15.3 Å². The first-order valence-electron chi connectivity index (χ1n) is 8.23. The number of amides is 2. The van der Waals surface area contributed by atoms with Crippen LogP contribution in [-0.2, 0) is 32.0 Å². The maximum atomic E-state index is 12.5. The number of benzene rings is 1. The molecule has 2 amide bonds. The molecular formula is C18H22N2O5. The van der Waals surface area contributed by atoms with Crippen molar-refractivity contribution in [3.63, 3.8) is 0 Å². The number of carbonyl (C=O) groups excluding carboxylic acids is 3. The molecule has 1 saturated heterocycles. The van der Waals surface area contributed by atoms with Gasteiger partial charge in [-0.25, -0.2) is 0 Å². The summed E-state index contributed by atoms with van der Waals surface area (Å²) in [6.07, 6.45) is 1.77. The molecule has 1 aromatic carbocycles. The minimum Gasteiger partial charge on any atom is -0.480 e. The molecular weight excluding hydrogens is 324 g/mol. The molecule has 1 atom stereocenters. The largest absolute Gasteiger partial charge is 0.480 e. The first-order chi connectivity index (χ1) is 11.9. The minimum absolute atomic E-state index is 0.00898. The molecule has 0 aliphatic carbocycles. The van der Waals surface area contributed by atoms with E-state index < -0.39 is 12.5 Å². The second-order valence-corrected chi connectivity index (χ2v) is 6.20. The van der Waals surface area contributed by atoms with Crippen LogP contribution in [0.2, 0.25) is 0 Å². The van der Waals surface area contributed by atoms with Crippen LogP contribution in [0.25, 0.3) is 0 Å². The Bertz CT molecular complexity index is 686. The Balaban J connectivity index is 1.96. The number of rotatable bonds is 7. The minimum atomic E-state index is -1.10. The normalized spacial score (nSPS) is 16.5. The lowest BCUT2D eigenvalue weighted by Crippen LogP contribution is -2.40. The molecule has 1 fully saturated rings. The van der Waals surface area contributed by atoms with Crippen molar-refractivity contribution in [1.29, 1.82) is 0 Å². The highest BCUT2D eigenvalue weighted by Crippen LogP contribution is 2.19. The molecule has 7 nitrogen and oxygen atoms in total. The Kier molecular flexibility index (Phi) is 6.27. The van der Waals surface area contributed by atoms with Crippen LogP contribution >= 0.6 is 0 Å². The van der Waals surface area contributed by atoms with Crippen LogP contribution in [0, 0.1) is 0 Å². The van der Waals surface area contributed by atoms with Crippen molar-refractivity contribution in [3.05, 3.63) is 35.4 Å². The molecule has 0 spiro atoms. The van der Waals surface area contributed by atoms with Crippen LogP contribution in [0.1, 0.15) is 30.9 Å². The summed E-state index contributed by atoms with van der Waals surface area (Å²) in [7, 11) is 0. The molecule has 0 radical (unpaired) electrons. The van der Waals surface area contributed by atoms with Crippen LogP contribution in [0.3, 0.4) is 0 Å². The van der Waals surface area contributed by atoms with E-state index in [1.54, 1.807) is 29.2 Å². The van der Waals surface area contributed by atoms with E-state index in [9.17, 15) is 19.2 Å². The van der Waals surface area contributed by atoms with Crippen molar-refractivity contribution in [2.24, 2.45) is 0 Å². The predicted molar refractivity (Wildman–Crippen MR) is 89.9 cm³/mol. The summed E-state index contributed by atoms with van der Waals surface area (Å²) >= 11 is 0. The van der Waals surface area contributed by atoms with Gasteiger partial charge in [-0.1, -0.05) is 24.3 Å². The number of aliphatic carboxylic acids is 1. The molecule has 1 aliphatic rings. The third kappa shape index (κ3) is 5.41. The third-order valence-corrected chi connectivity index (χ3v) is 4.19. The fourth-order valence-electron chi connectivity index (χ4n) is 3.04. The van der Waals surface area contributed by atoms with Gasteiger partial charge in [-0.3, -0.25) is 19.2 Å². The molecule has 1 aromatic rings. The van der Waals surface area contributed by atoms with Gasteiger partial charge in [0, 0.05) is 6.54 Å². The molecule has 2 N–H and O–H groups in total. The van der Waals surface area contributed by atoms with Crippen molar-refractivity contribution >= 4 is 23.6 Å². The molecule has 2 rings (SSSR count). The highest BCUT2D eigenvalue weighted by atomic mass is 16.4. The molecule has 1 heterocycles. The highest BCUT2D eigenvalue weighted by molar-refractivity contribution is 5.89. The van der Waals surface area contributed by atoms with E-state index in [1.165, 1.54) is 6.92 Å². The molecule has 0 aromatic heterocycles. The summed E-state index contributed by atoms with van der Waals surface area (Å²) in [4.78, 5) is 47.9. The number of carboxylic acids is 1. The number of Topliss-reactive ketones (excluding diaryl/α,β-unsaturated/α-hetero) is 1. The van der Waals surface area contributed by atoms with E-state index in [2.05, 4.69) is 5.32 Å². The molecule has 25 heavy (non-hydrogen) atoms. The quantitative estimate of drug-likeness (QED) is 0.750. The molecule has 0 unspecified atom stereocenters. The zero-order chi connectivity index (χ0) is 18.4. The Hall–Kier alpha value is -2.70. The summed E-state index contributed by atoms with van der Waals surface area (Å²) in [5.41, 5.74) is 1.47. The zero-order valence-electron chi connectivity index (χ0n) is 14.2. The number of likely N-dealkylation sites (tertiary alicyclic amines) is 1. The Morgan fingerprint density at radius 1 is 1.20 bits per heavy atom. The maximum Gasteiger partial charge on any atom is 0.322 e. The number of hydrogen-bond donors (Lipinski definition) is 2. The summed E-state index contributed by atoms with van der Waals surface area (Å²) in [6.45, 7) is 1.69. The SMILES string of the molecule is CC(=O)[C@@H]1CCCN1C(=O)Cc1cccc(CC(=O)NCC(=O)O)c1. The average Bonchev–Trinajstić information content (AvgIpc) is 3.03. The van der Waals surface area contributed by atoms with Gasteiger partial charge in [0.15, 0.2) is 5.78 Å². The van der Waals surface area contributed by atoms with Crippen molar-refractivity contribution < 1.29 is 24.3 Å². The van der Waals surface area contributed by atoms with Gasteiger partial charge in [-0.05, 0) is 30.9 Å². The van der Waals surface area contributed by atoms with Gasteiger partial charge in [0.05, 0.1) is 18.9 Å². The van der Waals surface area contributed by atoms with Crippen molar-refractivity contribution in [2.45, 2.75) is 38.6 Å². The smallest absolute Gasteiger partial charge is 0.322 e. The average molecular weight is 346 g/mol. The standard InChI is InChI=1S/C18H22N2O5/c1-12(21)15-6-3-7-20(15)17(23)10-14-5-2-4-13(8-14)9-16(22)19-11-18(24)25/h2,4-5,8,15H,3,6-7,9-11H2,1H3,(H,19,22)(H,24,25)/t15-/m0/s1. The van der Waals surface area contributed by atoms with E-state index in [-0.39, 0.29) is 36.5 Å². The van der Waals surface area contributed by atoms with E-state index in [0.29, 0.717) is 18.5 Å². The fourth-order valence-corrected chi connectivity index (χ4v) is 3.04. The Labute approximate surface area is 146 Å². The van der Waals surface area contributed by atoms with E-state index in [0.717, 1.165) is 12.0 Å². The number of ketones is 1. The molecule has 0 bridgehead atoms. The lowest BCUT2D eigenvalue weighted by atomic mass is 10.0. The number of nitrogens with one attached hydrogen (secondary N) is 1. The molecule has 0 saturated carbocycles. The van der Waals surface area contributed by atoms with Gasteiger partial charge >= 0.3 is 5.97 Å². The third-order valence-electron chi connectivity index (χ3n) is 4.19. The van der Waals surface area contributed by atoms with Gasteiger partial charge in [0.2, 0.25) is 11.8 Å². The number of nitrogens with zero attached hydrogens (tertiary/aromatic N) is 1. The monoisotopic (exact) mass is 346 g/mol. The van der Waals surface area contributed by atoms with Gasteiger partial charge in [-0.2, -0.15) is 0 Å². The van der Waals surface area contributed by atoms with Crippen LogP contribution in [0.15, 0.2) is 24.3 Å². The number of carboxylic acid groups (broad SMARTS) is 1. The molecule has 7 heteroatoms. The zero-order valence-corrected chi connectivity index (χ0v) is 14.2. The Morgan fingerprint density at radius 2 is 1.88 bits per heavy atom. The first-order valence-corrected chi connectivity index (χ1v) is 8.23. The topological polar surface area (TPSA) is 104 Å². The van der Waals surface area contributed by atoms with Crippen LogP contribution in [0.5, 0.6) is 0 Å². The van der Waals surface area contributed by atoms with Crippen LogP contribution in [-0.4, -0.2) is 52.7 Å². The highest BCUT2D eigenvalue weighted by Gasteiger charge is 2.31.